The summed E-state index contributed by atoms with van der Waals surface area (Å²) in [7, 11) is 0. The normalized spacial score (nSPS) is 10.1. The van der Waals surface area contributed by atoms with E-state index >= 15 is 0 Å². The van der Waals surface area contributed by atoms with Crippen LogP contribution in [0.25, 0.3) is 0 Å². The van der Waals surface area contributed by atoms with Crippen LogP contribution in [-0.2, 0) is 9.59 Å². The lowest BCUT2D eigenvalue weighted by Crippen LogP contribution is -2.50. The van der Waals surface area contributed by atoms with Gasteiger partial charge in [0.05, 0.1) is 5.02 Å². The lowest BCUT2D eigenvalue weighted by molar-refractivity contribution is -0.124. The highest BCUT2D eigenvalue weighted by Gasteiger charge is 2.09. The zero-order valence-electron chi connectivity index (χ0n) is 15.1. The van der Waals surface area contributed by atoms with E-state index < -0.39 is 11.8 Å². The van der Waals surface area contributed by atoms with Gasteiger partial charge in [-0.3, -0.25) is 25.8 Å². The fourth-order valence-corrected chi connectivity index (χ4v) is 2.82. The summed E-state index contributed by atoms with van der Waals surface area (Å²) in [6, 6.07) is 9.97. The maximum absolute atomic E-state index is 11.8. The van der Waals surface area contributed by atoms with Crippen LogP contribution in [0.4, 0.5) is 0 Å². The zero-order valence-corrected chi connectivity index (χ0v) is 19.0. The van der Waals surface area contributed by atoms with Crippen molar-refractivity contribution in [2.45, 2.75) is 6.92 Å². The average Bonchev–Trinajstić information content (AvgIpc) is 2.66. The van der Waals surface area contributed by atoms with Crippen molar-refractivity contribution in [3.63, 3.8) is 0 Å². The molecule has 3 N–H and O–H groups in total. The van der Waals surface area contributed by atoms with Crippen molar-refractivity contribution in [1.82, 2.24) is 16.2 Å². The number of thiocarbonyl (C=S) groups is 1. The van der Waals surface area contributed by atoms with Gasteiger partial charge in [-0.15, -0.1) is 0 Å². The van der Waals surface area contributed by atoms with E-state index in [-0.39, 0.29) is 23.3 Å². The van der Waals surface area contributed by atoms with Gasteiger partial charge in [-0.1, -0.05) is 39.1 Å². The number of ether oxygens (including phenoxy) is 2. The molecule has 2 aromatic rings. The average molecular weight is 521 g/mol. The molecule has 0 aliphatic rings. The van der Waals surface area contributed by atoms with E-state index in [0.29, 0.717) is 16.5 Å². The van der Waals surface area contributed by atoms with E-state index in [1.807, 2.05) is 13.0 Å². The van der Waals surface area contributed by atoms with E-state index in [9.17, 15) is 9.59 Å². The van der Waals surface area contributed by atoms with Crippen LogP contribution in [0.2, 0.25) is 10.0 Å². The van der Waals surface area contributed by atoms with E-state index in [1.54, 1.807) is 24.3 Å². The van der Waals surface area contributed by atoms with Crippen molar-refractivity contribution in [2.75, 3.05) is 13.2 Å². The molecule has 2 rings (SSSR count). The highest BCUT2D eigenvalue weighted by molar-refractivity contribution is 9.10. The number of hydrogen-bond donors (Lipinski definition) is 3. The third kappa shape index (κ3) is 8.06. The SMILES string of the molecule is Cc1cc(OCC(=O)NNC(=S)NC(=O)COc2ccc(Cl)cc2Cl)ccc1Br. The second-order valence-corrected chi connectivity index (χ2v) is 7.72. The lowest BCUT2D eigenvalue weighted by atomic mass is 10.2. The van der Waals surface area contributed by atoms with Crippen LogP contribution in [0.15, 0.2) is 40.9 Å². The van der Waals surface area contributed by atoms with E-state index in [4.69, 9.17) is 44.9 Å². The second kappa shape index (κ2) is 11.2. The fourth-order valence-electron chi connectivity index (χ4n) is 1.95. The van der Waals surface area contributed by atoms with Crippen LogP contribution < -0.4 is 25.6 Å². The van der Waals surface area contributed by atoms with Crippen LogP contribution in [-0.4, -0.2) is 30.1 Å². The number of hydrazine groups is 1. The quantitative estimate of drug-likeness (QED) is 0.399. The third-order valence-electron chi connectivity index (χ3n) is 3.32. The first kappa shape index (κ1) is 23.2. The van der Waals surface area contributed by atoms with Gasteiger partial charge in [0.15, 0.2) is 18.3 Å². The maximum Gasteiger partial charge on any atom is 0.276 e. The number of aryl methyl sites for hydroxylation is 1. The first-order valence-corrected chi connectivity index (χ1v) is 10.1. The minimum Gasteiger partial charge on any atom is -0.484 e. The first-order valence-electron chi connectivity index (χ1n) is 8.10. The predicted octanol–water partition coefficient (Wildman–Crippen LogP) is 3.54. The van der Waals surface area contributed by atoms with Gasteiger partial charge in [-0.05, 0) is 61.1 Å². The predicted molar refractivity (Wildman–Crippen MR) is 118 cm³/mol. The molecule has 29 heavy (non-hydrogen) atoms. The lowest BCUT2D eigenvalue weighted by Gasteiger charge is -2.12. The van der Waals surface area contributed by atoms with Crippen LogP contribution in [0.5, 0.6) is 11.5 Å². The highest BCUT2D eigenvalue weighted by Crippen LogP contribution is 2.27. The molecule has 0 unspecified atom stereocenters. The maximum atomic E-state index is 11.8. The minimum atomic E-state index is -0.538. The monoisotopic (exact) mass is 519 g/mol. The van der Waals surface area contributed by atoms with Gasteiger partial charge in [0.1, 0.15) is 11.5 Å². The van der Waals surface area contributed by atoms with Crippen LogP contribution in [0, 0.1) is 6.92 Å². The summed E-state index contributed by atoms with van der Waals surface area (Å²) in [6.07, 6.45) is 0. The summed E-state index contributed by atoms with van der Waals surface area (Å²) in [5.74, 6) is -0.163. The molecular formula is C18H16BrCl2N3O4S. The Bertz CT molecular complexity index is 930. The van der Waals surface area contributed by atoms with Crippen molar-refractivity contribution in [2.24, 2.45) is 0 Å². The fraction of sp³-hybridized carbons (Fsp3) is 0.167. The molecule has 0 fully saturated rings. The Balaban J connectivity index is 1.68. The number of hydrogen-bond acceptors (Lipinski definition) is 5. The van der Waals surface area contributed by atoms with Crippen molar-refractivity contribution >= 4 is 68.3 Å². The van der Waals surface area contributed by atoms with Crippen LogP contribution in [0.1, 0.15) is 5.56 Å². The smallest absolute Gasteiger partial charge is 0.276 e. The summed E-state index contributed by atoms with van der Waals surface area (Å²) in [5.41, 5.74) is 5.70. The molecule has 0 saturated carbocycles. The van der Waals surface area contributed by atoms with Crippen molar-refractivity contribution < 1.29 is 19.1 Å². The Hall–Kier alpha value is -2.07. The Kier molecular flexibility index (Phi) is 8.97. The number of carbonyl (C=O) groups excluding carboxylic acids is 2. The second-order valence-electron chi connectivity index (χ2n) is 5.61. The van der Waals surface area contributed by atoms with Gasteiger partial charge in [0.2, 0.25) is 0 Å². The molecule has 0 aromatic heterocycles. The van der Waals surface area contributed by atoms with Gasteiger partial charge >= 0.3 is 0 Å². The molecule has 0 aliphatic heterocycles. The Morgan fingerprint density at radius 2 is 1.76 bits per heavy atom. The molecule has 0 heterocycles. The molecule has 0 saturated heterocycles. The van der Waals surface area contributed by atoms with Crippen molar-refractivity contribution in [3.05, 3.63) is 56.5 Å². The molecule has 154 valence electrons. The van der Waals surface area contributed by atoms with E-state index in [2.05, 4.69) is 32.1 Å². The Morgan fingerprint density at radius 1 is 1.03 bits per heavy atom. The standard InChI is InChI=1S/C18H16BrCl2N3O4S/c1-10-6-12(3-4-13(10)19)27-9-17(26)23-24-18(29)22-16(25)8-28-15-5-2-11(20)7-14(15)21/h2-7H,8-9H2,1H3,(H,23,26)(H2,22,24,25,29). The molecule has 7 nitrogen and oxygen atoms in total. The summed E-state index contributed by atoms with van der Waals surface area (Å²) in [4.78, 5) is 23.6. The number of halogens is 3. The number of benzene rings is 2. The minimum absolute atomic E-state index is 0.103. The zero-order chi connectivity index (χ0) is 21.4. The van der Waals surface area contributed by atoms with Gasteiger partial charge in [-0.25, -0.2) is 0 Å². The van der Waals surface area contributed by atoms with Gasteiger partial charge in [0, 0.05) is 9.50 Å². The molecular weight excluding hydrogens is 505 g/mol. The van der Waals surface area contributed by atoms with Gasteiger partial charge in [0.25, 0.3) is 11.8 Å². The summed E-state index contributed by atoms with van der Waals surface area (Å²) in [6.45, 7) is 1.34. The Labute approximate surface area is 191 Å². The number of carbonyl (C=O) groups is 2. The van der Waals surface area contributed by atoms with Gasteiger partial charge in [-0.2, -0.15) is 0 Å². The molecule has 0 atom stereocenters. The van der Waals surface area contributed by atoms with Gasteiger partial charge < -0.3 is 9.47 Å². The molecule has 2 aromatic carbocycles. The molecule has 0 spiro atoms. The Morgan fingerprint density at radius 3 is 2.45 bits per heavy atom. The number of nitrogens with one attached hydrogen (secondary N) is 3. The summed E-state index contributed by atoms with van der Waals surface area (Å²) < 4.78 is 11.6. The third-order valence-corrected chi connectivity index (χ3v) is 4.94. The highest BCUT2D eigenvalue weighted by atomic mass is 79.9. The number of amides is 2. The van der Waals surface area contributed by atoms with E-state index in [1.165, 1.54) is 6.07 Å². The number of rotatable bonds is 6. The molecule has 0 aliphatic carbocycles. The molecule has 2 amide bonds. The van der Waals surface area contributed by atoms with Crippen LogP contribution in [0.3, 0.4) is 0 Å². The molecule has 0 radical (unpaired) electrons. The van der Waals surface area contributed by atoms with E-state index in [0.717, 1.165) is 10.0 Å². The molecule has 11 heteroatoms. The first-order chi connectivity index (χ1) is 13.7. The largest absolute Gasteiger partial charge is 0.484 e. The van der Waals surface area contributed by atoms with Crippen LogP contribution >= 0.6 is 51.3 Å². The topological polar surface area (TPSA) is 88.7 Å². The van der Waals surface area contributed by atoms with Crippen molar-refractivity contribution in [3.8, 4) is 11.5 Å². The summed E-state index contributed by atoms with van der Waals surface area (Å²) in [5, 5.41) is 2.98. The van der Waals surface area contributed by atoms with Crippen molar-refractivity contribution in [1.29, 1.82) is 0 Å². The molecule has 0 bridgehead atoms. The summed E-state index contributed by atoms with van der Waals surface area (Å²) >= 11 is 20.1.